The van der Waals surface area contributed by atoms with Gasteiger partial charge in [-0.2, -0.15) is 0 Å². The number of hydrogen-bond acceptors (Lipinski definition) is 2. The van der Waals surface area contributed by atoms with Crippen molar-refractivity contribution in [1.82, 2.24) is 5.32 Å². The van der Waals surface area contributed by atoms with Crippen LogP contribution in [-0.4, -0.2) is 25.3 Å². The minimum Gasteiger partial charge on any atom is -0.378 e. The maximum atomic E-state index is 6.31. The molecule has 112 valence electrons. The van der Waals surface area contributed by atoms with E-state index in [4.69, 9.17) is 4.74 Å². The van der Waals surface area contributed by atoms with E-state index in [1.807, 2.05) is 0 Å². The number of rotatable bonds is 6. The van der Waals surface area contributed by atoms with Crippen molar-refractivity contribution in [2.24, 2.45) is 17.8 Å². The first-order valence-corrected chi connectivity index (χ1v) is 8.51. The zero-order valence-corrected chi connectivity index (χ0v) is 13.2. The third kappa shape index (κ3) is 4.75. The molecule has 0 bridgehead atoms. The van der Waals surface area contributed by atoms with Gasteiger partial charge in [0.1, 0.15) is 0 Å². The number of nitrogens with one attached hydrogen (secondary N) is 1. The first-order chi connectivity index (χ1) is 9.16. The van der Waals surface area contributed by atoms with Crippen LogP contribution < -0.4 is 5.32 Å². The molecule has 4 unspecified atom stereocenters. The molecule has 2 heteroatoms. The van der Waals surface area contributed by atoms with Gasteiger partial charge in [0.25, 0.3) is 0 Å². The number of hydrogen-bond donors (Lipinski definition) is 1. The molecule has 0 radical (unpaired) electrons. The van der Waals surface area contributed by atoms with E-state index < -0.39 is 0 Å². The van der Waals surface area contributed by atoms with Crippen LogP contribution in [-0.2, 0) is 4.74 Å². The van der Waals surface area contributed by atoms with E-state index in [-0.39, 0.29) is 0 Å². The van der Waals surface area contributed by atoms with Crippen molar-refractivity contribution in [2.75, 3.05) is 13.2 Å². The normalized spacial score (nSPS) is 33.2. The van der Waals surface area contributed by atoms with Gasteiger partial charge in [0, 0.05) is 12.6 Å². The molecular weight excluding hydrogens is 234 g/mol. The van der Waals surface area contributed by atoms with Crippen LogP contribution in [0, 0.1) is 17.8 Å². The molecule has 0 aromatic heterocycles. The summed E-state index contributed by atoms with van der Waals surface area (Å²) in [5.74, 6) is 2.50. The summed E-state index contributed by atoms with van der Waals surface area (Å²) in [5, 5.41) is 3.51. The van der Waals surface area contributed by atoms with Crippen LogP contribution in [0.2, 0.25) is 0 Å². The van der Waals surface area contributed by atoms with Gasteiger partial charge in [-0.15, -0.1) is 0 Å². The fraction of sp³-hybridized carbons (Fsp3) is 1.00. The lowest BCUT2D eigenvalue weighted by Crippen LogP contribution is -2.38. The van der Waals surface area contributed by atoms with Crippen molar-refractivity contribution in [1.29, 1.82) is 0 Å². The fourth-order valence-corrected chi connectivity index (χ4v) is 3.87. The SMILES string of the molecule is CC(CNC(C)C)COC1CCCC2CCCCC21. The van der Waals surface area contributed by atoms with Gasteiger partial charge < -0.3 is 10.1 Å². The monoisotopic (exact) mass is 267 g/mol. The van der Waals surface area contributed by atoms with Crippen LogP contribution in [0.3, 0.4) is 0 Å². The first kappa shape index (κ1) is 15.3. The Balaban J connectivity index is 1.71. The molecule has 0 aromatic rings. The third-order valence-electron chi connectivity index (χ3n) is 4.98. The number of fused-ring (bicyclic) bond motifs is 1. The Hall–Kier alpha value is -0.0800. The van der Waals surface area contributed by atoms with Gasteiger partial charge in [-0.3, -0.25) is 0 Å². The molecule has 2 aliphatic carbocycles. The van der Waals surface area contributed by atoms with E-state index in [0.29, 0.717) is 18.1 Å². The van der Waals surface area contributed by atoms with Gasteiger partial charge in [0.05, 0.1) is 12.7 Å². The second-order valence-corrected chi connectivity index (χ2v) is 7.18. The molecule has 2 fully saturated rings. The van der Waals surface area contributed by atoms with E-state index in [1.165, 1.54) is 44.9 Å². The summed E-state index contributed by atoms with van der Waals surface area (Å²) in [6.07, 6.45) is 10.5. The summed E-state index contributed by atoms with van der Waals surface area (Å²) in [6.45, 7) is 8.74. The molecule has 1 N–H and O–H groups in total. The lowest BCUT2D eigenvalue weighted by molar-refractivity contribution is -0.0568. The van der Waals surface area contributed by atoms with Crippen LogP contribution in [0.4, 0.5) is 0 Å². The minimum absolute atomic E-state index is 0.570. The van der Waals surface area contributed by atoms with Gasteiger partial charge in [0.2, 0.25) is 0 Å². The highest BCUT2D eigenvalue weighted by Gasteiger charge is 2.35. The molecule has 0 saturated heterocycles. The molecule has 0 amide bonds. The zero-order valence-electron chi connectivity index (χ0n) is 13.2. The Morgan fingerprint density at radius 2 is 1.74 bits per heavy atom. The van der Waals surface area contributed by atoms with E-state index in [9.17, 15) is 0 Å². The molecule has 2 saturated carbocycles. The Bertz CT molecular complexity index is 252. The van der Waals surface area contributed by atoms with Gasteiger partial charge in [-0.25, -0.2) is 0 Å². The van der Waals surface area contributed by atoms with Crippen LogP contribution in [0.5, 0.6) is 0 Å². The maximum Gasteiger partial charge on any atom is 0.0606 e. The maximum absolute atomic E-state index is 6.31. The highest BCUT2D eigenvalue weighted by Crippen LogP contribution is 2.41. The summed E-state index contributed by atoms with van der Waals surface area (Å²) in [7, 11) is 0. The van der Waals surface area contributed by atoms with Crippen LogP contribution >= 0.6 is 0 Å². The van der Waals surface area contributed by atoms with Crippen molar-refractivity contribution in [3.63, 3.8) is 0 Å². The van der Waals surface area contributed by atoms with Crippen molar-refractivity contribution >= 4 is 0 Å². The minimum atomic E-state index is 0.570. The van der Waals surface area contributed by atoms with Gasteiger partial charge in [-0.1, -0.05) is 46.5 Å². The fourth-order valence-electron chi connectivity index (χ4n) is 3.87. The first-order valence-electron chi connectivity index (χ1n) is 8.51. The van der Waals surface area contributed by atoms with Gasteiger partial charge >= 0.3 is 0 Å². The molecule has 2 rings (SSSR count). The lowest BCUT2D eigenvalue weighted by Gasteiger charge is -2.41. The molecule has 0 spiro atoms. The van der Waals surface area contributed by atoms with Crippen LogP contribution in [0.1, 0.15) is 65.7 Å². The molecule has 0 aromatic carbocycles. The van der Waals surface area contributed by atoms with Crippen molar-refractivity contribution < 1.29 is 4.74 Å². The van der Waals surface area contributed by atoms with E-state index in [1.54, 1.807) is 0 Å². The van der Waals surface area contributed by atoms with Crippen LogP contribution in [0.25, 0.3) is 0 Å². The highest BCUT2D eigenvalue weighted by atomic mass is 16.5. The van der Waals surface area contributed by atoms with Gasteiger partial charge in [-0.05, 0) is 37.0 Å². The predicted molar refractivity (Wildman–Crippen MR) is 81.3 cm³/mol. The number of ether oxygens (including phenoxy) is 1. The molecular formula is C17H33NO. The molecule has 0 heterocycles. The highest BCUT2D eigenvalue weighted by molar-refractivity contribution is 4.86. The topological polar surface area (TPSA) is 21.3 Å². The standard InChI is InChI=1S/C17H33NO/c1-13(2)18-11-14(3)12-19-17-10-6-8-15-7-4-5-9-16(15)17/h13-18H,4-12H2,1-3H3. The molecule has 0 aliphatic heterocycles. The quantitative estimate of drug-likeness (QED) is 0.785. The van der Waals surface area contributed by atoms with Crippen molar-refractivity contribution in [2.45, 2.75) is 77.9 Å². The second-order valence-electron chi connectivity index (χ2n) is 7.18. The van der Waals surface area contributed by atoms with Crippen molar-refractivity contribution in [3.05, 3.63) is 0 Å². The summed E-state index contributed by atoms with van der Waals surface area (Å²) in [5.41, 5.74) is 0. The Morgan fingerprint density at radius 3 is 2.53 bits per heavy atom. The average Bonchev–Trinajstić information content (AvgIpc) is 2.42. The summed E-state index contributed by atoms with van der Waals surface area (Å²) in [4.78, 5) is 0. The van der Waals surface area contributed by atoms with Crippen molar-refractivity contribution in [3.8, 4) is 0 Å². The Labute approximate surface area is 119 Å². The van der Waals surface area contributed by atoms with E-state index in [2.05, 4.69) is 26.1 Å². The Kier molecular flexibility index (Phi) is 6.15. The molecule has 4 atom stereocenters. The van der Waals surface area contributed by atoms with E-state index in [0.717, 1.165) is 25.0 Å². The van der Waals surface area contributed by atoms with Gasteiger partial charge in [0.15, 0.2) is 0 Å². The largest absolute Gasteiger partial charge is 0.378 e. The van der Waals surface area contributed by atoms with Crippen LogP contribution in [0.15, 0.2) is 0 Å². The van der Waals surface area contributed by atoms with E-state index >= 15 is 0 Å². The average molecular weight is 267 g/mol. The Morgan fingerprint density at radius 1 is 1.00 bits per heavy atom. The third-order valence-corrected chi connectivity index (χ3v) is 4.98. The smallest absolute Gasteiger partial charge is 0.0606 e. The summed E-state index contributed by atoms with van der Waals surface area (Å²) >= 11 is 0. The lowest BCUT2D eigenvalue weighted by atomic mass is 9.69. The summed E-state index contributed by atoms with van der Waals surface area (Å²) in [6, 6.07) is 0.583. The second kappa shape index (κ2) is 7.64. The predicted octanol–water partition coefficient (Wildman–Crippen LogP) is 4.00. The zero-order chi connectivity index (χ0) is 13.7. The molecule has 2 aliphatic rings. The molecule has 19 heavy (non-hydrogen) atoms. The summed E-state index contributed by atoms with van der Waals surface area (Å²) < 4.78 is 6.31. The molecule has 2 nitrogen and oxygen atoms in total.